The second-order valence-electron chi connectivity index (χ2n) is 4.12. The van der Waals surface area contributed by atoms with Crippen LogP contribution in [0.2, 0.25) is 0 Å². The van der Waals surface area contributed by atoms with Gasteiger partial charge in [-0.1, -0.05) is 30.3 Å². The maximum Gasteiger partial charge on any atom is 0.207 e. The van der Waals surface area contributed by atoms with E-state index in [9.17, 15) is 4.79 Å². The van der Waals surface area contributed by atoms with Crippen molar-refractivity contribution in [2.45, 2.75) is 12.5 Å². The predicted octanol–water partition coefficient (Wildman–Crippen LogP) is 2.44. The van der Waals surface area contributed by atoms with E-state index in [0.717, 1.165) is 29.5 Å². The minimum absolute atomic E-state index is 0.0334. The molecule has 1 unspecified atom stereocenters. The van der Waals surface area contributed by atoms with Gasteiger partial charge in [0.25, 0.3) is 0 Å². The number of hydrogen-bond donors (Lipinski definition) is 1. The fourth-order valence-electron chi connectivity index (χ4n) is 2.37. The van der Waals surface area contributed by atoms with E-state index in [2.05, 4.69) is 16.4 Å². The lowest BCUT2D eigenvalue weighted by molar-refractivity contribution is -0.110. The third kappa shape index (κ3) is 1.60. The second-order valence-corrected chi connectivity index (χ2v) is 4.12. The van der Waals surface area contributed by atoms with Crippen molar-refractivity contribution >= 4 is 23.3 Å². The van der Waals surface area contributed by atoms with Crippen LogP contribution < -0.4 is 5.32 Å². The number of nitrogens with one attached hydrogen (secondary N) is 1. The van der Waals surface area contributed by atoms with E-state index < -0.39 is 0 Å². The van der Waals surface area contributed by atoms with Crippen LogP contribution in [0.3, 0.4) is 0 Å². The van der Waals surface area contributed by atoms with E-state index in [1.54, 1.807) is 0 Å². The molecule has 0 saturated carbocycles. The molecule has 17 heavy (non-hydrogen) atoms. The Hall–Kier alpha value is -2.16. The van der Waals surface area contributed by atoms with Gasteiger partial charge in [-0.3, -0.25) is 9.78 Å². The van der Waals surface area contributed by atoms with Crippen molar-refractivity contribution in [1.82, 2.24) is 10.3 Å². The van der Waals surface area contributed by atoms with Gasteiger partial charge in [0, 0.05) is 17.1 Å². The van der Waals surface area contributed by atoms with Crippen LogP contribution in [0, 0.1) is 0 Å². The molecule has 0 bridgehead atoms. The molecule has 1 N–H and O–H groups in total. The van der Waals surface area contributed by atoms with Crippen molar-refractivity contribution in [1.29, 1.82) is 0 Å². The lowest BCUT2D eigenvalue weighted by Crippen LogP contribution is -2.22. The molecule has 1 aliphatic rings. The Kier molecular flexibility index (Phi) is 2.37. The molecule has 0 radical (unpaired) electrons. The highest BCUT2D eigenvalue weighted by molar-refractivity contribution is 5.88. The Morgan fingerprint density at radius 2 is 2.24 bits per heavy atom. The third-order valence-electron chi connectivity index (χ3n) is 3.13. The molecule has 1 atom stereocenters. The molecule has 1 aliphatic carbocycles. The van der Waals surface area contributed by atoms with Gasteiger partial charge >= 0.3 is 0 Å². The van der Waals surface area contributed by atoms with Gasteiger partial charge in [-0.2, -0.15) is 0 Å². The number of rotatable bonds is 2. The summed E-state index contributed by atoms with van der Waals surface area (Å²) in [6.45, 7) is 0. The van der Waals surface area contributed by atoms with Crippen molar-refractivity contribution in [3.8, 4) is 0 Å². The third-order valence-corrected chi connectivity index (χ3v) is 3.13. The molecule has 1 heterocycles. The number of amides is 1. The smallest absolute Gasteiger partial charge is 0.207 e. The number of hydrogen-bond acceptors (Lipinski definition) is 2. The van der Waals surface area contributed by atoms with Gasteiger partial charge in [-0.25, -0.2) is 0 Å². The molecule has 0 fully saturated rings. The molecule has 1 aromatic carbocycles. The summed E-state index contributed by atoms with van der Waals surface area (Å²) >= 11 is 0. The minimum Gasteiger partial charge on any atom is -0.351 e. The summed E-state index contributed by atoms with van der Waals surface area (Å²) in [5.74, 6) is 0. The topological polar surface area (TPSA) is 42.0 Å². The number of fused-ring (bicyclic) bond motifs is 3. The fraction of sp³-hybridized carbons (Fsp3) is 0.143. The van der Waals surface area contributed by atoms with Crippen LogP contribution in [0.1, 0.15) is 23.7 Å². The highest BCUT2D eigenvalue weighted by Crippen LogP contribution is 2.32. The van der Waals surface area contributed by atoms with Crippen LogP contribution in [0.4, 0.5) is 0 Å². The molecule has 1 amide bonds. The summed E-state index contributed by atoms with van der Waals surface area (Å²) in [4.78, 5) is 15.1. The molecule has 0 aliphatic heterocycles. The van der Waals surface area contributed by atoms with Crippen LogP contribution in [0.5, 0.6) is 0 Å². The highest BCUT2D eigenvalue weighted by atomic mass is 16.1. The van der Waals surface area contributed by atoms with Gasteiger partial charge in [0.2, 0.25) is 6.41 Å². The van der Waals surface area contributed by atoms with Gasteiger partial charge in [0.1, 0.15) is 0 Å². The first-order chi connectivity index (χ1) is 8.40. The Morgan fingerprint density at radius 3 is 3.12 bits per heavy atom. The van der Waals surface area contributed by atoms with Gasteiger partial charge in [0.15, 0.2) is 0 Å². The number of aromatic nitrogens is 1. The fourth-order valence-corrected chi connectivity index (χ4v) is 2.37. The monoisotopic (exact) mass is 224 g/mol. The summed E-state index contributed by atoms with van der Waals surface area (Å²) in [6.07, 6.45) is 7.52. The second kappa shape index (κ2) is 4.01. The molecule has 3 nitrogen and oxygen atoms in total. The number of carbonyl (C=O) groups excluding carboxylic acids is 1. The molecule has 0 spiro atoms. The summed E-state index contributed by atoms with van der Waals surface area (Å²) < 4.78 is 0. The number of nitrogens with zero attached hydrogens (tertiary/aromatic N) is 1. The van der Waals surface area contributed by atoms with Gasteiger partial charge in [-0.15, -0.1) is 0 Å². The first-order valence-corrected chi connectivity index (χ1v) is 5.64. The van der Waals surface area contributed by atoms with E-state index in [-0.39, 0.29) is 6.04 Å². The number of benzene rings is 1. The highest BCUT2D eigenvalue weighted by Gasteiger charge is 2.19. The van der Waals surface area contributed by atoms with Crippen molar-refractivity contribution in [2.75, 3.05) is 0 Å². The van der Waals surface area contributed by atoms with Gasteiger partial charge in [-0.05, 0) is 17.9 Å². The Labute approximate surface area is 99.2 Å². The Morgan fingerprint density at radius 1 is 1.35 bits per heavy atom. The van der Waals surface area contributed by atoms with Crippen molar-refractivity contribution < 1.29 is 4.79 Å². The first-order valence-electron chi connectivity index (χ1n) is 5.64. The largest absolute Gasteiger partial charge is 0.351 e. The van der Waals surface area contributed by atoms with Crippen molar-refractivity contribution in [3.05, 3.63) is 47.8 Å². The van der Waals surface area contributed by atoms with E-state index >= 15 is 0 Å². The quantitative estimate of drug-likeness (QED) is 0.796. The van der Waals surface area contributed by atoms with E-state index in [4.69, 9.17) is 0 Å². The standard InChI is InChI=1S/C14H12N2O/c17-9-16-13-7-3-6-12-14(13)11-5-2-1-4-10(11)8-15-12/h1-6,8-9,13H,7H2,(H,16,17). The first kappa shape index (κ1) is 10.0. The molecule has 3 rings (SSSR count). The summed E-state index contributed by atoms with van der Waals surface area (Å²) in [6, 6.07) is 8.16. The normalized spacial score (nSPS) is 17.8. The average molecular weight is 224 g/mol. The minimum atomic E-state index is 0.0334. The molecule has 0 saturated heterocycles. The Balaban J connectivity index is 2.28. The summed E-state index contributed by atoms with van der Waals surface area (Å²) in [5.41, 5.74) is 2.08. The maximum absolute atomic E-state index is 10.7. The summed E-state index contributed by atoms with van der Waals surface area (Å²) in [7, 11) is 0. The number of pyridine rings is 1. The van der Waals surface area contributed by atoms with E-state index in [1.807, 2.05) is 36.5 Å². The van der Waals surface area contributed by atoms with Crippen molar-refractivity contribution in [3.63, 3.8) is 0 Å². The van der Waals surface area contributed by atoms with E-state index in [0.29, 0.717) is 0 Å². The molecular formula is C14H12N2O. The van der Waals surface area contributed by atoms with Gasteiger partial charge < -0.3 is 5.32 Å². The van der Waals surface area contributed by atoms with Crippen LogP contribution >= 0.6 is 0 Å². The van der Waals surface area contributed by atoms with Crippen LogP contribution in [-0.4, -0.2) is 11.4 Å². The SMILES string of the molecule is O=CNC1CC=Cc2ncc3ccccc3c21. The molecular weight excluding hydrogens is 212 g/mol. The maximum atomic E-state index is 10.7. The lowest BCUT2D eigenvalue weighted by Gasteiger charge is -2.22. The molecule has 2 aromatic rings. The zero-order valence-corrected chi connectivity index (χ0v) is 9.26. The number of carbonyl (C=O) groups is 1. The zero-order valence-electron chi connectivity index (χ0n) is 9.26. The molecule has 84 valence electrons. The Bertz CT molecular complexity index is 604. The predicted molar refractivity (Wildman–Crippen MR) is 67.3 cm³/mol. The van der Waals surface area contributed by atoms with Crippen LogP contribution in [0.15, 0.2) is 36.5 Å². The van der Waals surface area contributed by atoms with E-state index in [1.165, 1.54) is 5.39 Å². The van der Waals surface area contributed by atoms with Crippen LogP contribution in [0.25, 0.3) is 16.8 Å². The summed E-state index contributed by atoms with van der Waals surface area (Å²) in [5, 5.41) is 5.14. The van der Waals surface area contributed by atoms with Crippen LogP contribution in [-0.2, 0) is 4.79 Å². The lowest BCUT2D eigenvalue weighted by atomic mass is 9.92. The molecule has 3 heteroatoms. The average Bonchev–Trinajstić information content (AvgIpc) is 2.39. The zero-order chi connectivity index (χ0) is 11.7. The van der Waals surface area contributed by atoms with Gasteiger partial charge in [0.05, 0.1) is 11.7 Å². The molecule has 1 aromatic heterocycles. The van der Waals surface area contributed by atoms with Crippen molar-refractivity contribution in [2.24, 2.45) is 0 Å².